The molecule has 9 heteroatoms. The number of nitrogens with zero attached hydrogens (tertiary/aromatic N) is 2. The van der Waals surface area contributed by atoms with Gasteiger partial charge in [-0.1, -0.05) is 17.8 Å². The molecular weight excluding hydrogens is 326 g/mol. The maximum atomic E-state index is 11.1. The summed E-state index contributed by atoms with van der Waals surface area (Å²) < 4.78 is 31.3. The van der Waals surface area contributed by atoms with Gasteiger partial charge in [-0.3, -0.25) is 9.87 Å². The molecule has 0 unspecified atom stereocenters. The van der Waals surface area contributed by atoms with Gasteiger partial charge < -0.3 is 5.11 Å². The number of aliphatic imine (C=N–C) groups is 1. The highest BCUT2D eigenvalue weighted by Crippen LogP contribution is 2.31. The molecule has 0 aliphatic carbocycles. The van der Waals surface area contributed by atoms with Crippen LogP contribution >= 0.6 is 11.8 Å². The lowest BCUT2D eigenvalue weighted by Gasteiger charge is -2.06. The number of hydrogen-bond acceptors (Lipinski definition) is 6. The molecule has 0 aliphatic heterocycles. The van der Waals surface area contributed by atoms with Crippen LogP contribution in [0.25, 0.3) is 10.8 Å². The summed E-state index contributed by atoms with van der Waals surface area (Å²) in [4.78, 5) is 3.81. The van der Waals surface area contributed by atoms with Crippen LogP contribution in [0.3, 0.4) is 0 Å². The van der Waals surface area contributed by atoms with Gasteiger partial charge in [0.05, 0.1) is 10.6 Å². The molecule has 0 fully saturated rings. The zero-order valence-corrected chi connectivity index (χ0v) is 12.9. The molecule has 0 aromatic heterocycles. The highest BCUT2D eigenvalue weighted by atomic mass is 32.2. The van der Waals surface area contributed by atoms with Crippen molar-refractivity contribution in [3.63, 3.8) is 0 Å². The van der Waals surface area contributed by atoms with Crippen molar-refractivity contribution in [3.8, 4) is 11.9 Å². The number of amidine groups is 1. The minimum atomic E-state index is -4.39. The van der Waals surface area contributed by atoms with Gasteiger partial charge in [0.15, 0.2) is 11.4 Å². The van der Waals surface area contributed by atoms with E-state index in [2.05, 4.69) is 10.3 Å². The molecule has 22 heavy (non-hydrogen) atoms. The standard InChI is InChI=1S/C13H11N3O4S2/c1-21-13(15-7-14)16-9-3-2-8-4-10(22(18,19)20)6-12(17)11(8)5-9/h2-6,17H,1H3,(H,15,16)(H,18,19,20). The first-order valence-electron chi connectivity index (χ1n) is 5.87. The van der Waals surface area contributed by atoms with Crippen LogP contribution in [0.1, 0.15) is 0 Å². The first kappa shape index (κ1) is 16.1. The lowest BCUT2D eigenvalue weighted by atomic mass is 10.1. The number of nitrogens with one attached hydrogen (secondary N) is 1. The number of phenols is 1. The fourth-order valence-electron chi connectivity index (χ4n) is 1.81. The highest BCUT2D eigenvalue weighted by Gasteiger charge is 2.13. The molecule has 0 radical (unpaired) electrons. The summed E-state index contributed by atoms with van der Waals surface area (Å²) in [6, 6.07) is 6.93. The van der Waals surface area contributed by atoms with E-state index in [0.717, 1.165) is 6.07 Å². The highest BCUT2D eigenvalue weighted by molar-refractivity contribution is 8.13. The molecule has 0 spiro atoms. The Balaban J connectivity index is 2.57. The van der Waals surface area contributed by atoms with E-state index in [0.29, 0.717) is 21.6 Å². The number of hydrogen-bond donors (Lipinski definition) is 3. The number of rotatable bonds is 2. The van der Waals surface area contributed by atoms with Crippen molar-refractivity contribution < 1.29 is 18.1 Å². The van der Waals surface area contributed by atoms with E-state index in [1.807, 2.05) is 0 Å². The summed E-state index contributed by atoms with van der Waals surface area (Å²) in [5.41, 5.74) is 0.481. The van der Waals surface area contributed by atoms with Crippen molar-refractivity contribution in [2.24, 2.45) is 4.99 Å². The average molecular weight is 337 g/mol. The van der Waals surface area contributed by atoms with Gasteiger partial charge in [0, 0.05) is 11.5 Å². The fraction of sp³-hybridized carbons (Fsp3) is 0.0769. The number of aromatic hydroxyl groups is 1. The van der Waals surface area contributed by atoms with Gasteiger partial charge in [-0.25, -0.2) is 4.99 Å². The van der Waals surface area contributed by atoms with Crippen molar-refractivity contribution in [1.29, 1.82) is 5.26 Å². The summed E-state index contributed by atoms with van der Waals surface area (Å²) in [7, 11) is -4.39. The zero-order chi connectivity index (χ0) is 16.3. The van der Waals surface area contributed by atoms with E-state index in [9.17, 15) is 13.5 Å². The quantitative estimate of drug-likeness (QED) is 0.252. The SMILES string of the molecule is CSC(=Nc1ccc2cc(S(=O)(=O)O)cc(O)c2c1)NC#N. The van der Waals surface area contributed by atoms with Crippen molar-refractivity contribution in [2.45, 2.75) is 4.90 Å². The van der Waals surface area contributed by atoms with Gasteiger partial charge in [0.1, 0.15) is 5.75 Å². The third kappa shape index (κ3) is 3.48. The topological polar surface area (TPSA) is 123 Å². The summed E-state index contributed by atoms with van der Waals surface area (Å²) in [5.74, 6) is -0.291. The normalized spacial score (nSPS) is 12.1. The van der Waals surface area contributed by atoms with Crippen LogP contribution in [0.4, 0.5) is 5.69 Å². The molecule has 0 aliphatic rings. The molecule has 2 rings (SSSR count). The predicted molar refractivity (Wildman–Crippen MR) is 84.8 cm³/mol. The van der Waals surface area contributed by atoms with Gasteiger partial charge in [-0.2, -0.15) is 13.7 Å². The molecule has 2 aromatic rings. The van der Waals surface area contributed by atoms with Crippen molar-refractivity contribution >= 4 is 43.5 Å². The molecule has 0 atom stereocenters. The Kier molecular flexibility index (Phi) is 4.56. The number of benzene rings is 2. The molecule has 0 amide bonds. The number of fused-ring (bicyclic) bond motifs is 1. The zero-order valence-electron chi connectivity index (χ0n) is 11.3. The van der Waals surface area contributed by atoms with Crippen molar-refractivity contribution in [1.82, 2.24) is 5.32 Å². The minimum Gasteiger partial charge on any atom is -0.507 e. The Bertz CT molecular complexity index is 901. The molecule has 0 bridgehead atoms. The van der Waals surface area contributed by atoms with Gasteiger partial charge in [0.2, 0.25) is 0 Å². The third-order valence-corrected chi connectivity index (χ3v) is 4.19. The molecule has 0 heterocycles. The second-order valence-corrected chi connectivity index (χ2v) is 6.40. The number of thioether (sulfide) groups is 1. The van der Waals surface area contributed by atoms with E-state index >= 15 is 0 Å². The Morgan fingerprint density at radius 1 is 1.36 bits per heavy atom. The number of phenolic OH excluding ortho intramolecular Hbond substituents is 1. The number of nitriles is 1. The second-order valence-electron chi connectivity index (χ2n) is 4.18. The summed E-state index contributed by atoms with van der Waals surface area (Å²) in [5, 5.41) is 22.1. The van der Waals surface area contributed by atoms with Crippen molar-refractivity contribution in [2.75, 3.05) is 6.26 Å². The maximum absolute atomic E-state index is 11.1. The Morgan fingerprint density at radius 3 is 2.68 bits per heavy atom. The van der Waals surface area contributed by atoms with Gasteiger partial charge in [-0.15, -0.1) is 0 Å². The summed E-state index contributed by atoms with van der Waals surface area (Å²) in [6.07, 6.45) is 3.52. The van der Waals surface area contributed by atoms with Crippen LogP contribution < -0.4 is 5.32 Å². The fourth-order valence-corrected chi connectivity index (χ4v) is 2.69. The van der Waals surface area contributed by atoms with Gasteiger partial charge in [-0.05, 0) is 29.8 Å². The molecule has 7 nitrogen and oxygen atoms in total. The monoisotopic (exact) mass is 337 g/mol. The largest absolute Gasteiger partial charge is 0.507 e. The van der Waals surface area contributed by atoms with Crippen LogP contribution in [0.5, 0.6) is 5.75 Å². The predicted octanol–water partition coefficient (Wildman–Crippen LogP) is 2.21. The smallest absolute Gasteiger partial charge is 0.294 e. The molecule has 0 saturated heterocycles. The minimum absolute atomic E-state index is 0.291. The lowest BCUT2D eigenvalue weighted by molar-refractivity contribution is 0.471. The van der Waals surface area contributed by atoms with Crippen LogP contribution in [0.15, 0.2) is 40.2 Å². The first-order chi connectivity index (χ1) is 10.3. The maximum Gasteiger partial charge on any atom is 0.294 e. The Morgan fingerprint density at radius 2 is 2.09 bits per heavy atom. The van der Waals surface area contributed by atoms with Gasteiger partial charge in [0.25, 0.3) is 10.1 Å². The van der Waals surface area contributed by atoms with Gasteiger partial charge >= 0.3 is 0 Å². The summed E-state index contributed by atoms with van der Waals surface area (Å²) >= 11 is 1.25. The van der Waals surface area contributed by atoms with E-state index in [1.54, 1.807) is 30.6 Å². The lowest BCUT2D eigenvalue weighted by Crippen LogP contribution is -2.12. The molecule has 3 N–H and O–H groups in total. The first-order valence-corrected chi connectivity index (χ1v) is 8.53. The van der Waals surface area contributed by atoms with Crippen LogP contribution in [0, 0.1) is 11.5 Å². The Labute approximate surface area is 131 Å². The summed E-state index contributed by atoms with van der Waals surface area (Å²) in [6.45, 7) is 0. The molecule has 2 aromatic carbocycles. The van der Waals surface area contributed by atoms with E-state index in [-0.39, 0.29) is 10.6 Å². The average Bonchev–Trinajstić information content (AvgIpc) is 2.46. The Hall–Kier alpha value is -2.28. The third-order valence-electron chi connectivity index (χ3n) is 2.77. The van der Waals surface area contributed by atoms with E-state index in [1.165, 1.54) is 17.8 Å². The van der Waals surface area contributed by atoms with Crippen molar-refractivity contribution in [3.05, 3.63) is 30.3 Å². The van der Waals surface area contributed by atoms with E-state index < -0.39 is 10.1 Å². The van der Waals surface area contributed by atoms with E-state index in [4.69, 9.17) is 9.81 Å². The molecule has 114 valence electrons. The molecule has 0 saturated carbocycles. The second kappa shape index (κ2) is 6.23. The molecular formula is C13H11N3O4S2. The van der Waals surface area contributed by atoms with Crippen LogP contribution in [-0.2, 0) is 10.1 Å². The van der Waals surface area contributed by atoms with Crippen LogP contribution in [-0.4, -0.2) is 29.5 Å². The van der Waals surface area contributed by atoms with Crippen LogP contribution in [0.2, 0.25) is 0 Å².